The van der Waals surface area contributed by atoms with Gasteiger partial charge in [-0.15, -0.1) is 0 Å². The molecule has 0 N–H and O–H groups in total. The molecule has 0 spiro atoms. The molecule has 1 fully saturated rings. The Kier molecular flexibility index (Phi) is 4.71. The van der Waals surface area contributed by atoms with Crippen molar-refractivity contribution in [3.63, 3.8) is 0 Å². The van der Waals surface area contributed by atoms with E-state index in [1.54, 1.807) is 17.2 Å². The van der Waals surface area contributed by atoms with Gasteiger partial charge in [0.25, 0.3) is 5.91 Å². The van der Waals surface area contributed by atoms with Crippen molar-refractivity contribution in [1.29, 1.82) is 0 Å². The number of sulfone groups is 1. The van der Waals surface area contributed by atoms with E-state index in [4.69, 9.17) is 4.74 Å². The van der Waals surface area contributed by atoms with Gasteiger partial charge in [0.1, 0.15) is 11.3 Å². The normalized spacial score (nSPS) is 19.3. The molecule has 1 aliphatic heterocycles. The molecule has 3 rings (SSSR count). The number of carbonyl (C=O) groups is 1. The Morgan fingerprint density at radius 1 is 1.33 bits per heavy atom. The quantitative estimate of drug-likeness (QED) is 0.821. The topological polar surface area (TPSA) is 76.6 Å². The summed E-state index contributed by atoms with van der Waals surface area (Å²) in [7, 11) is -3.02. The van der Waals surface area contributed by atoms with Gasteiger partial charge in [0.2, 0.25) is 0 Å². The fourth-order valence-corrected chi connectivity index (χ4v) is 4.81. The molecule has 0 unspecified atom stereocenters. The second-order valence-electron chi connectivity index (χ2n) is 5.86. The van der Waals surface area contributed by atoms with Crippen LogP contribution in [-0.4, -0.2) is 54.9 Å². The third-order valence-corrected chi connectivity index (χ3v) is 6.01. The van der Waals surface area contributed by atoms with Crippen molar-refractivity contribution in [2.24, 2.45) is 0 Å². The Labute approximate surface area is 141 Å². The first-order valence-corrected chi connectivity index (χ1v) is 9.79. The van der Waals surface area contributed by atoms with Crippen LogP contribution in [0.15, 0.2) is 36.5 Å². The minimum Gasteiger partial charge on any atom is -0.481 e. The number of carbonyl (C=O) groups excluding carboxylic acids is 1. The number of pyridine rings is 1. The number of benzene rings is 1. The third kappa shape index (κ3) is 3.51. The van der Waals surface area contributed by atoms with E-state index < -0.39 is 9.84 Å². The monoisotopic (exact) mass is 348 g/mol. The smallest absolute Gasteiger partial charge is 0.260 e. The standard InChI is InChI=1S/C17H20N2O4S/c1-2-19(14-8-10-24(21,22)12-14)16(20)11-23-15-7-3-5-13-6-4-9-18-17(13)15/h3-7,9,14H,2,8,10-12H2,1H3/t14-/m0/s1. The van der Waals surface area contributed by atoms with E-state index >= 15 is 0 Å². The lowest BCUT2D eigenvalue weighted by molar-refractivity contribution is -0.135. The number of para-hydroxylation sites is 1. The first-order valence-electron chi connectivity index (χ1n) is 7.96. The summed E-state index contributed by atoms with van der Waals surface area (Å²) in [4.78, 5) is 18.4. The van der Waals surface area contributed by atoms with Crippen LogP contribution in [0.1, 0.15) is 13.3 Å². The van der Waals surface area contributed by atoms with E-state index in [1.165, 1.54) is 0 Å². The average molecular weight is 348 g/mol. The fourth-order valence-electron chi connectivity index (χ4n) is 3.07. The molecule has 1 amide bonds. The van der Waals surface area contributed by atoms with Gasteiger partial charge in [0, 0.05) is 24.2 Å². The van der Waals surface area contributed by atoms with E-state index in [1.807, 2.05) is 31.2 Å². The maximum Gasteiger partial charge on any atom is 0.260 e. The first kappa shape index (κ1) is 16.7. The highest BCUT2D eigenvalue weighted by atomic mass is 32.2. The molecule has 1 aromatic carbocycles. The second-order valence-corrected chi connectivity index (χ2v) is 8.09. The van der Waals surface area contributed by atoms with Crippen molar-refractivity contribution in [2.75, 3.05) is 24.7 Å². The number of amides is 1. The van der Waals surface area contributed by atoms with Crippen LogP contribution in [0, 0.1) is 0 Å². The number of ether oxygens (including phenoxy) is 1. The molecule has 1 atom stereocenters. The van der Waals surface area contributed by atoms with Crippen LogP contribution in [0.25, 0.3) is 10.9 Å². The molecule has 128 valence electrons. The van der Waals surface area contributed by atoms with Gasteiger partial charge in [-0.2, -0.15) is 0 Å². The van der Waals surface area contributed by atoms with E-state index in [-0.39, 0.29) is 30.1 Å². The van der Waals surface area contributed by atoms with Gasteiger partial charge in [-0.05, 0) is 25.5 Å². The molecule has 1 aliphatic rings. The summed E-state index contributed by atoms with van der Waals surface area (Å²) in [6.07, 6.45) is 2.18. The average Bonchev–Trinajstić information content (AvgIpc) is 2.93. The zero-order chi connectivity index (χ0) is 17.2. The van der Waals surface area contributed by atoms with Gasteiger partial charge in [0.05, 0.1) is 11.5 Å². The molecule has 0 bridgehead atoms. The number of hydrogen-bond acceptors (Lipinski definition) is 5. The van der Waals surface area contributed by atoms with Crippen LogP contribution in [-0.2, 0) is 14.6 Å². The van der Waals surface area contributed by atoms with Crippen molar-refractivity contribution in [1.82, 2.24) is 9.88 Å². The van der Waals surface area contributed by atoms with Crippen molar-refractivity contribution >= 4 is 26.6 Å². The summed E-state index contributed by atoms with van der Waals surface area (Å²) in [6, 6.07) is 9.08. The van der Waals surface area contributed by atoms with E-state index in [0.717, 1.165) is 5.39 Å². The Morgan fingerprint density at radius 2 is 2.12 bits per heavy atom. The molecule has 6 nitrogen and oxygen atoms in total. The lowest BCUT2D eigenvalue weighted by Gasteiger charge is -2.26. The van der Waals surface area contributed by atoms with Crippen LogP contribution >= 0.6 is 0 Å². The van der Waals surface area contributed by atoms with E-state index in [9.17, 15) is 13.2 Å². The van der Waals surface area contributed by atoms with Gasteiger partial charge < -0.3 is 9.64 Å². The van der Waals surface area contributed by atoms with Gasteiger partial charge in [-0.1, -0.05) is 18.2 Å². The molecule has 1 saturated heterocycles. The molecule has 1 aromatic heterocycles. The molecular weight excluding hydrogens is 328 g/mol. The van der Waals surface area contributed by atoms with Gasteiger partial charge >= 0.3 is 0 Å². The van der Waals surface area contributed by atoms with Crippen LogP contribution in [0.2, 0.25) is 0 Å². The number of likely N-dealkylation sites (N-methyl/N-ethyl adjacent to an activating group) is 1. The summed E-state index contributed by atoms with van der Waals surface area (Å²) in [5.41, 5.74) is 0.708. The van der Waals surface area contributed by atoms with Gasteiger partial charge in [-0.3, -0.25) is 9.78 Å². The van der Waals surface area contributed by atoms with E-state index in [0.29, 0.717) is 24.2 Å². The fraction of sp³-hybridized carbons (Fsp3) is 0.412. The number of fused-ring (bicyclic) bond motifs is 1. The lowest BCUT2D eigenvalue weighted by Crippen LogP contribution is -2.43. The largest absolute Gasteiger partial charge is 0.481 e. The summed E-state index contributed by atoms with van der Waals surface area (Å²) >= 11 is 0. The SMILES string of the molecule is CCN(C(=O)COc1cccc2cccnc12)[C@H]1CCS(=O)(=O)C1. The van der Waals surface area contributed by atoms with Crippen molar-refractivity contribution in [3.8, 4) is 5.75 Å². The van der Waals surface area contributed by atoms with Crippen LogP contribution in [0.4, 0.5) is 0 Å². The third-order valence-electron chi connectivity index (χ3n) is 4.26. The maximum absolute atomic E-state index is 12.5. The number of aromatic nitrogens is 1. The predicted molar refractivity (Wildman–Crippen MR) is 91.7 cm³/mol. The Bertz CT molecular complexity index is 845. The summed E-state index contributed by atoms with van der Waals surface area (Å²) in [5.74, 6) is 0.543. The van der Waals surface area contributed by atoms with Crippen LogP contribution < -0.4 is 4.74 Å². The molecular formula is C17H20N2O4S. The molecule has 2 heterocycles. The van der Waals surface area contributed by atoms with Crippen molar-refractivity contribution < 1.29 is 17.9 Å². The molecule has 0 saturated carbocycles. The molecule has 24 heavy (non-hydrogen) atoms. The van der Waals surface area contributed by atoms with Crippen molar-refractivity contribution in [3.05, 3.63) is 36.5 Å². The Hall–Kier alpha value is -2.15. The highest BCUT2D eigenvalue weighted by Gasteiger charge is 2.33. The molecule has 2 aromatic rings. The maximum atomic E-state index is 12.5. The molecule has 0 radical (unpaired) electrons. The summed E-state index contributed by atoms with van der Waals surface area (Å²) in [6.45, 7) is 2.19. The van der Waals surface area contributed by atoms with Gasteiger partial charge in [0.15, 0.2) is 16.4 Å². The summed E-state index contributed by atoms with van der Waals surface area (Å²) in [5, 5.41) is 0.941. The number of hydrogen-bond donors (Lipinski definition) is 0. The minimum absolute atomic E-state index is 0.0441. The van der Waals surface area contributed by atoms with Crippen LogP contribution in [0.5, 0.6) is 5.75 Å². The lowest BCUT2D eigenvalue weighted by atomic mass is 10.2. The minimum atomic E-state index is -3.02. The van der Waals surface area contributed by atoms with E-state index in [2.05, 4.69) is 4.98 Å². The number of rotatable bonds is 5. The Balaban J connectivity index is 1.70. The summed E-state index contributed by atoms with van der Waals surface area (Å²) < 4.78 is 28.9. The molecule has 7 heteroatoms. The molecule has 0 aliphatic carbocycles. The highest BCUT2D eigenvalue weighted by molar-refractivity contribution is 7.91. The van der Waals surface area contributed by atoms with Crippen molar-refractivity contribution in [2.45, 2.75) is 19.4 Å². The number of nitrogens with zero attached hydrogens (tertiary/aromatic N) is 2. The van der Waals surface area contributed by atoms with Gasteiger partial charge in [-0.25, -0.2) is 8.42 Å². The highest BCUT2D eigenvalue weighted by Crippen LogP contribution is 2.23. The zero-order valence-electron chi connectivity index (χ0n) is 13.5. The predicted octanol–water partition coefficient (Wildman–Crippen LogP) is 1.65. The first-order chi connectivity index (χ1) is 11.5. The Morgan fingerprint density at radius 3 is 2.83 bits per heavy atom. The second kappa shape index (κ2) is 6.76. The van der Waals surface area contributed by atoms with Crippen LogP contribution in [0.3, 0.4) is 0 Å². The zero-order valence-corrected chi connectivity index (χ0v) is 14.3.